The molecule has 7 nitrogen and oxygen atoms in total. The van der Waals surface area contributed by atoms with Gasteiger partial charge in [-0.3, -0.25) is 9.59 Å². The Labute approximate surface area is 271 Å². The summed E-state index contributed by atoms with van der Waals surface area (Å²) in [6, 6.07) is 8.09. The molecule has 3 heterocycles. The molecule has 0 aliphatic carbocycles. The van der Waals surface area contributed by atoms with Crippen LogP contribution in [-0.2, 0) is 22.4 Å². The van der Waals surface area contributed by atoms with Crippen LogP contribution in [0.25, 0.3) is 0 Å². The number of carbonyl (C=O) groups excluding carboxylic acids is 1. The summed E-state index contributed by atoms with van der Waals surface area (Å²) in [4.78, 5) is 28.6. The van der Waals surface area contributed by atoms with Crippen LogP contribution in [0.3, 0.4) is 0 Å². The van der Waals surface area contributed by atoms with Crippen molar-refractivity contribution in [3.05, 3.63) is 53.2 Å². The fourth-order valence-electron chi connectivity index (χ4n) is 7.38. The molecule has 0 saturated carbocycles. The molecule has 250 valence electrons. The fourth-order valence-corrected chi connectivity index (χ4v) is 7.38. The highest BCUT2D eigenvalue weighted by molar-refractivity contribution is 5.91. The first-order valence-electron chi connectivity index (χ1n) is 18.2. The van der Waals surface area contributed by atoms with Gasteiger partial charge in [-0.1, -0.05) is 128 Å². The van der Waals surface area contributed by atoms with E-state index in [-0.39, 0.29) is 36.4 Å². The smallest absolute Gasteiger partial charge is 0.303 e. The van der Waals surface area contributed by atoms with Crippen LogP contribution in [0.4, 0.5) is 0 Å². The number of nitrogens with one attached hydrogen (secondary N) is 1. The van der Waals surface area contributed by atoms with E-state index in [9.17, 15) is 14.7 Å². The number of benzene rings is 1. The van der Waals surface area contributed by atoms with Gasteiger partial charge in [-0.2, -0.15) is 0 Å². The maximum atomic E-state index is 12.8. The predicted octanol–water partition coefficient (Wildman–Crippen LogP) is 9.19. The maximum Gasteiger partial charge on any atom is 0.303 e. The molecule has 2 fully saturated rings. The van der Waals surface area contributed by atoms with Gasteiger partial charge in [-0.15, -0.1) is 0 Å². The number of ether oxygens (including phenoxy) is 1. The molecule has 2 saturated heterocycles. The number of aromatic nitrogens is 1. The zero-order valence-electron chi connectivity index (χ0n) is 27.8. The first kappa shape index (κ1) is 35.2. The van der Waals surface area contributed by atoms with Gasteiger partial charge in [-0.25, -0.2) is 4.98 Å². The Morgan fingerprint density at radius 2 is 1.40 bits per heavy atom. The molecule has 0 radical (unpaired) electrons. The van der Waals surface area contributed by atoms with Crippen LogP contribution in [0, 0.1) is 5.92 Å². The molecule has 7 heteroatoms. The summed E-state index contributed by atoms with van der Waals surface area (Å²) in [6.07, 6.45) is 26.4. The number of rotatable bonds is 24. The fraction of sp³-hybridized carbons (Fsp3) is 0.711. The molecule has 45 heavy (non-hydrogen) atoms. The third-order valence-corrected chi connectivity index (χ3v) is 9.96. The van der Waals surface area contributed by atoms with Gasteiger partial charge in [0.25, 0.3) is 5.91 Å². The number of carboxylic acid groups (broad SMARTS) is 1. The minimum Gasteiger partial charge on any atom is -0.481 e. The van der Waals surface area contributed by atoms with Crippen LogP contribution in [-0.4, -0.2) is 40.7 Å². The molecular weight excluding hydrogens is 564 g/mol. The molecule has 4 rings (SSSR count). The zero-order chi connectivity index (χ0) is 31.7. The highest BCUT2D eigenvalue weighted by Gasteiger charge is 2.51. The van der Waals surface area contributed by atoms with E-state index in [1.165, 1.54) is 96.2 Å². The van der Waals surface area contributed by atoms with Crippen LogP contribution in [0.2, 0.25) is 0 Å². The Kier molecular flexibility index (Phi) is 15.5. The Bertz CT molecular complexity index is 1150. The van der Waals surface area contributed by atoms with Gasteiger partial charge in [0.05, 0.1) is 18.1 Å². The van der Waals surface area contributed by atoms with Gasteiger partial charge < -0.3 is 19.6 Å². The van der Waals surface area contributed by atoms with Crippen molar-refractivity contribution >= 4 is 11.9 Å². The number of hydrogen-bond acceptors (Lipinski definition) is 5. The molecule has 2 bridgehead atoms. The predicted molar refractivity (Wildman–Crippen MR) is 179 cm³/mol. The first-order valence-corrected chi connectivity index (χ1v) is 18.2. The molecule has 1 aromatic heterocycles. The van der Waals surface area contributed by atoms with E-state index in [4.69, 9.17) is 9.15 Å². The van der Waals surface area contributed by atoms with Gasteiger partial charge >= 0.3 is 5.97 Å². The van der Waals surface area contributed by atoms with Crippen LogP contribution in [0.1, 0.15) is 162 Å². The molecule has 2 N–H and O–H groups in total. The SMILES string of the molecule is CCCCCCCCCCCCCCCCCCNC(=O)c1coc([C@H]2[C@@H](Cc3ccccc3CCC(=O)O)[C@@H]3CC[C@H]2O3)n1. The van der Waals surface area contributed by atoms with E-state index < -0.39 is 5.97 Å². The molecular formula is C38H58N2O5. The number of carboxylic acids is 1. The van der Waals surface area contributed by atoms with Crippen LogP contribution in [0.5, 0.6) is 0 Å². The number of amides is 1. The van der Waals surface area contributed by atoms with E-state index in [1.807, 2.05) is 18.2 Å². The second-order valence-electron chi connectivity index (χ2n) is 13.5. The van der Waals surface area contributed by atoms with E-state index in [2.05, 4.69) is 23.3 Å². The molecule has 1 aromatic carbocycles. The number of nitrogens with zero attached hydrogens (tertiary/aromatic N) is 1. The summed E-state index contributed by atoms with van der Waals surface area (Å²) in [5, 5.41) is 12.2. The Balaban J connectivity index is 1.10. The van der Waals surface area contributed by atoms with E-state index in [1.54, 1.807) is 0 Å². The summed E-state index contributed by atoms with van der Waals surface area (Å²) in [6.45, 7) is 2.94. The second-order valence-corrected chi connectivity index (χ2v) is 13.5. The number of oxazole rings is 1. The van der Waals surface area contributed by atoms with Gasteiger partial charge in [0, 0.05) is 18.9 Å². The Morgan fingerprint density at radius 3 is 2.02 bits per heavy atom. The Morgan fingerprint density at radius 1 is 0.822 bits per heavy atom. The topological polar surface area (TPSA) is 102 Å². The molecule has 2 aromatic rings. The van der Waals surface area contributed by atoms with Gasteiger partial charge in [0.15, 0.2) is 5.69 Å². The summed E-state index contributed by atoms with van der Waals surface area (Å²) >= 11 is 0. The monoisotopic (exact) mass is 622 g/mol. The Hall–Kier alpha value is -2.67. The minimum atomic E-state index is -0.786. The van der Waals surface area contributed by atoms with E-state index in [0.717, 1.165) is 43.2 Å². The highest BCUT2D eigenvalue weighted by Crippen LogP contribution is 2.50. The lowest BCUT2D eigenvalue weighted by Gasteiger charge is -2.26. The standard InChI is InChI=1S/C38H58N2O5/c1-2-3-4-5-6-7-8-9-10-11-12-13-14-15-16-19-26-39-37(43)32-28-44-38(40-32)36-31(33-23-24-34(36)45-33)27-30-21-18-17-20-29(30)22-25-35(41)42/h17-18,20-21,28,31,33-34,36H,2-16,19,22-27H2,1H3,(H,39,43)(H,41,42)/t31-,33-,34+,36-/m0/s1. The minimum absolute atomic E-state index is 0.00171. The largest absolute Gasteiger partial charge is 0.481 e. The molecule has 0 spiro atoms. The number of carbonyl (C=O) groups is 2. The molecule has 2 aliphatic rings. The summed E-state index contributed by atoms with van der Waals surface area (Å²) < 4.78 is 12.2. The molecule has 0 unspecified atom stereocenters. The van der Waals surface area contributed by atoms with Crippen molar-refractivity contribution in [1.82, 2.24) is 10.3 Å². The van der Waals surface area contributed by atoms with Crippen molar-refractivity contribution in [2.45, 2.75) is 160 Å². The lowest BCUT2D eigenvalue weighted by molar-refractivity contribution is -0.136. The van der Waals surface area contributed by atoms with E-state index >= 15 is 0 Å². The van der Waals surface area contributed by atoms with Crippen molar-refractivity contribution in [2.24, 2.45) is 5.92 Å². The van der Waals surface area contributed by atoms with Gasteiger partial charge in [0.1, 0.15) is 6.26 Å². The third kappa shape index (κ3) is 11.6. The van der Waals surface area contributed by atoms with Crippen molar-refractivity contribution in [1.29, 1.82) is 0 Å². The van der Waals surface area contributed by atoms with Crippen molar-refractivity contribution in [3.8, 4) is 0 Å². The number of hydrogen-bond donors (Lipinski definition) is 2. The van der Waals surface area contributed by atoms with Crippen molar-refractivity contribution in [2.75, 3.05) is 6.54 Å². The zero-order valence-corrected chi connectivity index (χ0v) is 27.8. The van der Waals surface area contributed by atoms with Crippen LogP contribution in [0.15, 0.2) is 34.9 Å². The second kappa shape index (κ2) is 19.8. The quantitative estimate of drug-likeness (QED) is 0.113. The first-order chi connectivity index (χ1) is 22.1. The number of unbranched alkanes of at least 4 members (excludes halogenated alkanes) is 15. The number of aliphatic carboxylic acids is 1. The van der Waals surface area contributed by atoms with Crippen molar-refractivity contribution < 1.29 is 23.8 Å². The molecule has 4 atom stereocenters. The summed E-state index contributed by atoms with van der Waals surface area (Å²) in [7, 11) is 0. The lowest BCUT2D eigenvalue weighted by atomic mass is 9.75. The normalized spacial score (nSPS) is 20.6. The average Bonchev–Trinajstić information content (AvgIpc) is 3.79. The van der Waals surface area contributed by atoms with Gasteiger partial charge in [0.2, 0.25) is 5.89 Å². The van der Waals surface area contributed by atoms with Crippen LogP contribution < -0.4 is 5.32 Å². The van der Waals surface area contributed by atoms with Crippen LogP contribution >= 0.6 is 0 Å². The number of aryl methyl sites for hydroxylation is 1. The summed E-state index contributed by atoms with van der Waals surface area (Å²) in [5.74, 6) is -0.188. The molecule has 1 amide bonds. The van der Waals surface area contributed by atoms with Crippen molar-refractivity contribution in [3.63, 3.8) is 0 Å². The molecule has 2 aliphatic heterocycles. The number of fused-ring (bicyclic) bond motifs is 2. The third-order valence-electron chi connectivity index (χ3n) is 9.96. The highest BCUT2D eigenvalue weighted by atomic mass is 16.5. The maximum absolute atomic E-state index is 12.8. The summed E-state index contributed by atoms with van der Waals surface area (Å²) in [5.41, 5.74) is 2.57. The lowest BCUT2D eigenvalue weighted by Crippen LogP contribution is -2.28. The average molecular weight is 623 g/mol. The van der Waals surface area contributed by atoms with Gasteiger partial charge in [-0.05, 0) is 43.2 Å². The van der Waals surface area contributed by atoms with E-state index in [0.29, 0.717) is 24.6 Å².